The van der Waals surface area contributed by atoms with E-state index in [1.165, 1.54) is 6.07 Å². The molecule has 0 aliphatic heterocycles. The number of hydrogen-bond donors (Lipinski definition) is 2. The summed E-state index contributed by atoms with van der Waals surface area (Å²) in [6.45, 7) is 4.10. The van der Waals surface area contributed by atoms with Crippen molar-refractivity contribution in [2.45, 2.75) is 26.3 Å². The highest BCUT2D eigenvalue weighted by Gasteiger charge is 2.18. The molecule has 1 aromatic heterocycles. The molecule has 1 heterocycles. The van der Waals surface area contributed by atoms with E-state index < -0.39 is 5.82 Å². The third-order valence-corrected chi connectivity index (χ3v) is 3.43. The predicted molar refractivity (Wildman–Crippen MR) is 67.4 cm³/mol. The number of hydrogen-bond acceptors (Lipinski definition) is 2. The molecule has 3 nitrogen and oxygen atoms in total. The van der Waals surface area contributed by atoms with E-state index in [9.17, 15) is 4.39 Å². The second kappa shape index (κ2) is 4.63. The van der Waals surface area contributed by atoms with Gasteiger partial charge in [-0.2, -0.15) is 0 Å². The monoisotopic (exact) mass is 255 g/mol. The third kappa shape index (κ3) is 2.15. The number of halogens is 2. The van der Waals surface area contributed by atoms with Crippen LogP contribution in [0.3, 0.4) is 0 Å². The summed E-state index contributed by atoms with van der Waals surface area (Å²) in [6, 6.07) is 3.00. The number of imidazole rings is 1. The minimum Gasteiger partial charge on any atom is -0.341 e. The second-order valence-corrected chi connectivity index (χ2v) is 4.70. The van der Waals surface area contributed by atoms with Crippen LogP contribution in [0, 0.1) is 11.7 Å². The molecule has 3 N–H and O–H groups in total. The maximum atomic E-state index is 13.7. The molecule has 0 spiro atoms. The molecule has 2 aromatic rings. The Kier molecular flexibility index (Phi) is 3.35. The zero-order valence-corrected chi connectivity index (χ0v) is 10.6. The zero-order valence-electron chi connectivity index (χ0n) is 9.80. The lowest BCUT2D eigenvalue weighted by Gasteiger charge is -2.15. The molecule has 0 fully saturated rings. The van der Waals surface area contributed by atoms with Gasteiger partial charge in [0.05, 0.1) is 16.6 Å². The Balaban J connectivity index is 2.48. The summed E-state index contributed by atoms with van der Waals surface area (Å²) in [6.07, 6.45) is 0.946. The molecular weight excluding hydrogens is 241 g/mol. The van der Waals surface area contributed by atoms with Crippen molar-refractivity contribution in [1.82, 2.24) is 9.97 Å². The van der Waals surface area contributed by atoms with E-state index >= 15 is 0 Å². The first kappa shape index (κ1) is 12.3. The van der Waals surface area contributed by atoms with Crippen LogP contribution in [-0.2, 0) is 0 Å². The lowest BCUT2D eigenvalue weighted by Crippen LogP contribution is -2.19. The summed E-state index contributed by atoms with van der Waals surface area (Å²) < 4.78 is 13.7. The summed E-state index contributed by atoms with van der Waals surface area (Å²) in [5.74, 6) is 0.396. The number of rotatable bonds is 3. The molecule has 0 aliphatic carbocycles. The van der Waals surface area contributed by atoms with Crippen LogP contribution in [0.4, 0.5) is 4.39 Å². The third-order valence-electron chi connectivity index (χ3n) is 3.14. The SMILES string of the molecule is CCC(C)C(N)c1nc2c(F)c(Cl)ccc2[nH]1. The Hall–Kier alpha value is -1.13. The van der Waals surface area contributed by atoms with Crippen LogP contribution in [0.25, 0.3) is 11.0 Å². The maximum absolute atomic E-state index is 13.7. The first-order valence-corrected chi connectivity index (χ1v) is 6.01. The van der Waals surface area contributed by atoms with E-state index in [0.717, 1.165) is 6.42 Å². The van der Waals surface area contributed by atoms with E-state index in [4.69, 9.17) is 17.3 Å². The van der Waals surface area contributed by atoms with Crippen molar-refractivity contribution >= 4 is 22.6 Å². The summed E-state index contributed by atoms with van der Waals surface area (Å²) in [4.78, 5) is 7.25. The summed E-state index contributed by atoms with van der Waals surface area (Å²) in [7, 11) is 0. The molecule has 0 saturated heterocycles. The molecule has 0 saturated carbocycles. The minimum atomic E-state index is -0.497. The van der Waals surface area contributed by atoms with Crippen LogP contribution in [0.1, 0.15) is 32.1 Å². The number of nitrogens with two attached hydrogens (primary N) is 1. The van der Waals surface area contributed by atoms with Crippen LogP contribution in [0.2, 0.25) is 5.02 Å². The van der Waals surface area contributed by atoms with Crippen LogP contribution >= 0.6 is 11.6 Å². The quantitative estimate of drug-likeness (QED) is 0.883. The minimum absolute atomic E-state index is 0.0765. The largest absolute Gasteiger partial charge is 0.341 e. The molecule has 2 atom stereocenters. The van der Waals surface area contributed by atoms with Crippen molar-refractivity contribution in [3.05, 3.63) is 28.8 Å². The molecule has 0 radical (unpaired) electrons. The van der Waals surface area contributed by atoms with Gasteiger partial charge in [0.15, 0.2) is 5.82 Å². The summed E-state index contributed by atoms with van der Waals surface area (Å²) in [5.41, 5.74) is 6.93. The summed E-state index contributed by atoms with van der Waals surface area (Å²) in [5, 5.41) is 0.0765. The Morgan fingerprint density at radius 1 is 1.53 bits per heavy atom. The van der Waals surface area contributed by atoms with E-state index in [-0.39, 0.29) is 22.5 Å². The molecular formula is C12H15ClFN3. The summed E-state index contributed by atoms with van der Waals surface area (Å²) >= 11 is 5.71. The smallest absolute Gasteiger partial charge is 0.169 e. The molecule has 17 heavy (non-hydrogen) atoms. The average molecular weight is 256 g/mol. The first-order chi connectivity index (χ1) is 8.04. The zero-order chi connectivity index (χ0) is 12.6. The van der Waals surface area contributed by atoms with E-state index in [2.05, 4.69) is 16.9 Å². The van der Waals surface area contributed by atoms with Crippen molar-refractivity contribution in [2.24, 2.45) is 11.7 Å². The Morgan fingerprint density at radius 3 is 2.88 bits per heavy atom. The highest BCUT2D eigenvalue weighted by Crippen LogP contribution is 2.26. The average Bonchev–Trinajstić information content (AvgIpc) is 2.76. The molecule has 0 amide bonds. The fraction of sp³-hybridized carbons (Fsp3) is 0.417. The Labute approximate surface area is 104 Å². The van der Waals surface area contributed by atoms with E-state index in [1.807, 2.05) is 6.92 Å². The maximum Gasteiger partial charge on any atom is 0.169 e. The van der Waals surface area contributed by atoms with Crippen LogP contribution < -0.4 is 5.73 Å². The van der Waals surface area contributed by atoms with Crippen molar-refractivity contribution in [3.63, 3.8) is 0 Å². The molecule has 2 rings (SSSR count). The van der Waals surface area contributed by atoms with Gasteiger partial charge in [0.25, 0.3) is 0 Å². The van der Waals surface area contributed by atoms with Crippen LogP contribution in [0.15, 0.2) is 12.1 Å². The van der Waals surface area contributed by atoms with Gasteiger partial charge in [0.2, 0.25) is 0 Å². The van der Waals surface area contributed by atoms with Crippen LogP contribution in [0.5, 0.6) is 0 Å². The number of benzene rings is 1. The van der Waals surface area contributed by atoms with Gasteiger partial charge in [-0.1, -0.05) is 31.9 Å². The Bertz CT molecular complexity index is 538. The van der Waals surface area contributed by atoms with Gasteiger partial charge in [-0.25, -0.2) is 9.37 Å². The molecule has 5 heteroatoms. The normalized spacial score (nSPS) is 15.1. The van der Waals surface area contributed by atoms with Crippen molar-refractivity contribution < 1.29 is 4.39 Å². The van der Waals surface area contributed by atoms with Gasteiger partial charge >= 0.3 is 0 Å². The van der Waals surface area contributed by atoms with Gasteiger partial charge in [0, 0.05) is 0 Å². The van der Waals surface area contributed by atoms with Gasteiger partial charge < -0.3 is 10.7 Å². The number of aromatic nitrogens is 2. The highest BCUT2D eigenvalue weighted by atomic mass is 35.5. The topological polar surface area (TPSA) is 54.7 Å². The van der Waals surface area contributed by atoms with Gasteiger partial charge in [0.1, 0.15) is 11.3 Å². The van der Waals surface area contributed by atoms with Crippen molar-refractivity contribution in [3.8, 4) is 0 Å². The number of H-pyrrole nitrogens is 1. The standard InChI is InChI=1S/C12H15ClFN3/c1-3-6(2)10(15)12-16-8-5-4-7(13)9(14)11(8)17-12/h4-6,10H,3,15H2,1-2H3,(H,16,17). The second-order valence-electron chi connectivity index (χ2n) is 4.29. The van der Waals surface area contributed by atoms with Gasteiger partial charge in [-0.05, 0) is 18.1 Å². The number of nitrogens with zero attached hydrogens (tertiary/aromatic N) is 1. The lowest BCUT2D eigenvalue weighted by molar-refractivity contribution is 0.442. The van der Waals surface area contributed by atoms with Gasteiger partial charge in [-0.3, -0.25) is 0 Å². The van der Waals surface area contributed by atoms with Crippen molar-refractivity contribution in [1.29, 1.82) is 0 Å². The molecule has 92 valence electrons. The molecule has 2 unspecified atom stereocenters. The first-order valence-electron chi connectivity index (χ1n) is 5.63. The Morgan fingerprint density at radius 2 is 2.24 bits per heavy atom. The predicted octanol–water partition coefficient (Wildman–Crippen LogP) is 3.40. The van der Waals surface area contributed by atoms with Crippen LogP contribution in [-0.4, -0.2) is 9.97 Å². The fourth-order valence-electron chi connectivity index (χ4n) is 1.72. The number of nitrogens with one attached hydrogen (secondary N) is 1. The lowest BCUT2D eigenvalue weighted by atomic mass is 10.00. The van der Waals surface area contributed by atoms with Crippen molar-refractivity contribution in [2.75, 3.05) is 0 Å². The van der Waals surface area contributed by atoms with E-state index in [0.29, 0.717) is 11.3 Å². The van der Waals surface area contributed by atoms with E-state index in [1.54, 1.807) is 6.07 Å². The number of fused-ring (bicyclic) bond motifs is 1. The highest BCUT2D eigenvalue weighted by molar-refractivity contribution is 6.31. The fourth-order valence-corrected chi connectivity index (χ4v) is 1.87. The van der Waals surface area contributed by atoms with Gasteiger partial charge in [-0.15, -0.1) is 0 Å². The number of aromatic amines is 1. The molecule has 0 bridgehead atoms. The molecule has 1 aromatic carbocycles. The molecule has 0 aliphatic rings.